The quantitative estimate of drug-likeness (QED) is 0.794. The number of carboxylic acid groups (broad SMARTS) is 1. The molecule has 20 heavy (non-hydrogen) atoms. The maximum Gasteiger partial charge on any atom is 0.306 e. The zero-order valence-electron chi connectivity index (χ0n) is 12.0. The Hall–Kier alpha value is -1.43. The zero-order chi connectivity index (χ0) is 14.4. The first-order chi connectivity index (χ1) is 9.69. The lowest BCUT2D eigenvalue weighted by atomic mass is 9.82. The van der Waals surface area contributed by atoms with Gasteiger partial charge in [-0.3, -0.25) is 4.79 Å². The minimum absolute atomic E-state index is 0.140. The van der Waals surface area contributed by atoms with Crippen LogP contribution in [0.3, 0.4) is 0 Å². The van der Waals surface area contributed by atoms with Gasteiger partial charge in [0, 0.05) is 6.42 Å². The first-order valence-electron chi connectivity index (χ1n) is 7.44. The van der Waals surface area contributed by atoms with Crippen LogP contribution < -0.4 is 5.32 Å². The molecule has 0 atom stereocenters. The summed E-state index contributed by atoms with van der Waals surface area (Å²) in [6.07, 6.45) is 5.41. The van der Waals surface area contributed by atoms with Crippen molar-refractivity contribution in [3.05, 3.63) is 11.7 Å². The van der Waals surface area contributed by atoms with E-state index in [1.807, 2.05) is 0 Å². The monoisotopic (exact) mass is 281 g/mol. The van der Waals surface area contributed by atoms with Crippen molar-refractivity contribution >= 4 is 5.97 Å². The number of aromatic nitrogens is 2. The van der Waals surface area contributed by atoms with Gasteiger partial charge >= 0.3 is 5.97 Å². The first kappa shape index (κ1) is 15.0. The Kier molecular flexibility index (Phi) is 5.52. The summed E-state index contributed by atoms with van der Waals surface area (Å²) in [5.41, 5.74) is 0. The van der Waals surface area contributed by atoms with Crippen LogP contribution >= 0.6 is 0 Å². The Labute approximate surface area is 118 Å². The summed E-state index contributed by atoms with van der Waals surface area (Å²) >= 11 is 0. The molecule has 6 heteroatoms. The number of nitrogens with one attached hydrogen (secondary N) is 1. The number of aliphatic carboxylic acids is 1. The fraction of sp³-hybridized carbons (Fsp3) is 0.786. The highest BCUT2D eigenvalue weighted by molar-refractivity contribution is 5.69. The summed E-state index contributed by atoms with van der Waals surface area (Å²) in [5.74, 6) is 1.17. The average Bonchev–Trinajstić information content (AvgIpc) is 2.87. The number of hydrogen-bond acceptors (Lipinski definition) is 5. The maximum atomic E-state index is 10.9. The summed E-state index contributed by atoms with van der Waals surface area (Å²) in [6, 6.07) is 0. The SMILES string of the molecule is CCCc1noc(CNCC2CCC(C(=O)O)CC2)n1. The highest BCUT2D eigenvalue weighted by atomic mass is 16.5. The molecular formula is C14H23N3O3. The van der Waals surface area contributed by atoms with E-state index in [1.54, 1.807) is 0 Å². The number of carboxylic acids is 1. The van der Waals surface area contributed by atoms with Crippen molar-refractivity contribution in [1.82, 2.24) is 15.5 Å². The minimum atomic E-state index is -0.647. The second kappa shape index (κ2) is 7.38. The van der Waals surface area contributed by atoms with Crippen molar-refractivity contribution in [3.63, 3.8) is 0 Å². The smallest absolute Gasteiger partial charge is 0.306 e. The predicted molar refractivity (Wildman–Crippen MR) is 73.1 cm³/mol. The summed E-state index contributed by atoms with van der Waals surface area (Å²) in [7, 11) is 0. The van der Waals surface area contributed by atoms with Crippen molar-refractivity contribution < 1.29 is 14.4 Å². The maximum absolute atomic E-state index is 10.9. The predicted octanol–water partition coefficient (Wildman–Crippen LogP) is 2.00. The molecule has 0 saturated heterocycles. The summed E-state index contributed by atoms with van der Waals surface area (Å²) in [5, 5.41) is 16.2. The molecule has 0 aromatic carbocycles. The Morgan fingerprint density at radius 3 is 2.80 bits per heavy atom. The molecule has 1 saturated carbocycles. The van der Waals surface area contributed by atoms with Crippen LogP contribution in [0.1, 0.15) is 50.7 Å². The molecule has 1 aliphatic rings. The van der Waals surface area contributed by atoms with Gasteiger partial charge in [-0.2, -0.15) is 4.98 Å². The van der Waals surface area contributed by atoms with E-state index < -0.39 is 5.97 Å². The van der Waals surface area contributed by atoms with E-state index in [9.17, 15) is 4.79 Å². The molecule has 0 spiro atoms. The second-order valence-corrected chi connectivity index (χ2v) is 5.54. The van der Waals surface area contributed by atoms with Gasteiger partial charge in [0.05, 0.1) is 12.5 Å². The molecule has 1 aromatic rings. The summed E-state index contributed by atoms with van der Waals surface area (Å²) < 4.78 is 5.15. The number of nitrogens with zero attached hydrogens (tertiary/aromatic N) is 2. The number of rotatable bonds is 7. The third-order valence-electron chi connectivity index (χ3n) is 3.89. The van der Waals surface area contributed by atoms with Crippen molar-refractivity contribution in [2.75, 3.05) is 6.54 Å². The molecule has 2 rings (SSSR count). The van der Waals surface area contributed by atoms with Gasteiger partial charge in [-0.05, 0) is 44.6 Å². The van der Waals surface area contributed by atoms with Crippen LogP contribution in [0.2, 0.25) is 0 Å². The lowest BCUT2D eigenvalue weighted by molar-refractivity contribution is -0.143. The molecule has 112 valence electrons. The Morgan fingerprint density at radius 1 is 1.40 bits per heavy atom. The Balaban J connectivity index is 1.65. The molecule has 1 fully saturated rings. The van der Waals surface area contributed by atoms with Gasteiger partial charge in [0.25, 0.3) is 0 Å². The highest BCUT2D eigenvalue weighted by Gasteiger charge is 2.25. The molecule has 6 nitrogen and oxygen atoms in total. The minimum Gasteiger partial charge on any atom is -0.481 e. The number of carbonyl (C=O) groups is 1. The lowest BCUT2D eigenvalue weighted by Gasteiger charge is -2.25. The standard InChI is InChI=1S/C14H23N3O3/c1-2-3-12-16-13(20-17-12)9-15-8-10-4-6-11(7-5-10)14(18)19/h10-11,15H,2-9H2,1H3,(H,18,19). The van der Waals surface area contributed by atoms with Crippen LogP contribution in [0.25, 0.3) is 0 Å². The molecule has 1 heterocycles. The number of hydrogen-bond donors (Lipinski definition) is 2. The summed E-state index contributed by atoms with van der Waals surface area (Å²) in [6.45, 7) is 3.56. The van der Waals surface area contributed by atoms with Gasteiger partial charge in [-0.1, -0.05) is 12.1 Å². The zero-order valence-corrected chi connectivity index (χ0v) is 12.0. The van der Waals surface area contributed by atoms with Crippen LogP contribution in [0.4, 0.5) is 0 Å². The lowest BCUT2D eigenvalue weighted by Crippen LogP contribution is -2.28. The van der Waals surface area contributed by atoms with Gasteiger partial charge in [-0.25, -0.2) is 0 Å². The molecule has 0 bridgehead atoms. The van der Waals surface area contributed by atoms with Gasteiger partial charge in [0.2, 0.25) is 5.89 Å². The van der Waals surface area contributed by atoms with E-state index in [2.05, 4.69) is 22.4 Å². The van der Waals surface area contributed by atoms with Crippen LogP contribution in [0, 0.1) is 11.8 Å². The normalized spacial score (nSPS) is 22.9. The highest BCUT2D eigenvalue weighted by Crippen LogP contribution is 2.28. The Morgan fingerprint density at radius 2 is 2.15 bits per heavy atom. The second-order valence-electron chi connectivity index (χ2n) is 5.54. The average molecular weight is 281 g/mol. The van der Waals surface area contributed by atoms with Crippen molar-refractivity contribution in [1.29, 1.82) is 0 Å². The first-order valence-corrected chi connectivity index (χ1v) is 7.44. The fourth-order valence-corrected chi connectivity index (χ4v) is 2.68. The van der Waals surface area contributed by atoms with Crippen LogP contribution in [0.5, 0.6) is 0 Å². The topological polar surface area (TPSA) is 88.2 Å². The van der Waals surface area contributed by atoms with Crippen molar-refractivity contribution in [2.45, 2.75) is 52.0 Å². The van der Waals surface area contributed by atoms with Gasteiger partial charge in [-0.15, -0.1) is 0 Å². The van der Waals surface area contributed by atoms with Gasteiger partial charge in [0.15, 0.2) is 5.82 Å². The molecule has 1 aromatic heterocycles. The van der Waals surface area contributed by atoms with E-state index in [0.29, 0.717) is 18.4 Å². The van der Waals surface area contributed by atoms with E-state index >= 15 is 0 Å². The van der Waals surface area contributed by atoms with E-state index in [1.165, 1.54) is 0 Å². The van der Waals surface area contributed by atoms with Crippen molar-refractivity contribution in [3.8, 4) is 0 Å². The third-order valence-corrected chi connectivity index (χ3v) is 3.89. The molecule has 1 aliphatic carbocycles. The molecule has 0 unspecified atom stereocenters. The van der Waals surface area contributed by atoms with E-state index in [0.717, 1.165) is 50.9 Å². The van der Waals surface area contributed by atoms with Crippen LogP contribution in [-0.4, -0.2) is 27.8 Å². The Bertz CT molecular complexity index is 425. The van der Waals surface area contributed by atoms with E-state index in [-0.39, 0.29) is 5.92 Å². The third kappa shape index (κ3) is 4.30. The molecule has 0 aliphatic heterocycles. The fourth-order valence-electron chi connectivity index (χ4n) is 2.68. The largest absolute Gasteiger partial charge is 0.481 e. The van der Waals surface area contributed by atoms with Crippen LogP contribution in [-0.2, 0) is 17.8 Å². The van der Waals surface area contributed by atoms with Crippen LogP contribution in [0.15, 0.2) is 4.52 Å². The van der Waals surface area contributed by atoms with Crippen molar-refractivity contribution in [2.24, 2.45) is 11.8 Å². The number of aryl methyl sites for hydroxylation is 1. The van der Waals surface area contributed by atoms with Gasteiger partial charge < -0.3 is 14.9 Å². The van der Waals surface area contributed by atoms with Gasteiger partial charge in [0.1, 0.15) is 0 Å². The van der Waals surface area contributed by atoms with E-state index in [4.69, 9.17) is 9.63 Å². The molecule has 0 radical (unpaired) electrons. The molecule has 0 amide bonds. The molecular weight excluding hydrogens is 258 g/mol. The molecule has 2 N–H and O–H groups in total. The summed E-state index contributed by atoms with van der Waals surface area (Å²) in [4.78, 5) is 15.2.